The number of carbonyl (C=O) groups excluding carboxylic acids is 2. The molecule has 0 spiro atoms. The third-order valence-electron chi connectivity index (χ3n) is 3.74. The largest absolute Gasteiger partial charge is 0.490 e. The van der Waals surface area contributed by atoms with Crippen molar-refractivity contribution in [1.82, 2.24) is 10.3 Å². The van der Waals surface area contributed by atoms with Crippen LogP contribution in [-0.4, -0.2) is 49.5 Å². The molecule has 1 aliphatic rings. The third kappa shape index (κ3) is 5.23. The normalized spacial score (nSPS) is 13.7. The lowest BCUT2D eigenvalue weighted by atomic mass is 10.2. The minimum absolute atomic E-state index is 0.0870. The number of amides is 3. The van der Waals surface area contributed by atoms with E-state index in [1.807, 2.05) is 37.3 Å². The van der Waals surface area contributed by atoms with Crippen molar-refractivity contribution in [2.24, 2.45) is 5.10 Å². The number of hydrogen-bond donors (Lipinski definition) is 1. The Morgan fingerprint density at radius 3 is 2.54 bits per heavy atom. The highest BCUT2D eigenvalue weighted by molar-refractivity contribution is 6.02. The van der Waals surface area contributed by atoms with Crippen LogP contribution in [0.15, 0.2) is 53.6 Å². The van der Waals surface area contributed by atoms with Crippen LogP contribution in [0.3, 0.4) is 0 Å². The molecule has 2 aromatic rings. The Bertz CT molecular complexity index is 854. The zero-order valence-electron chi connectivity index (χ0n) is 15.5. The molecule has 1 N–H and O–H groups in total. The zero-order valence-corrected chi connectivity index (χ0v) is 15.5. The van der Waals surface area contributed by atoms with E-state index < -0.39 is 6.03 Å². The Morgan fingerprint density at radius 2 is 1.82 bits per heavy atom. The van der Waals surface area contributed by atoms with E-state index in [9.17, 15) is 9.59 Å². The van der Waals surface area contributed by atoms with Gasteiger partial charge in [-0.3, -0.25) is 10.1 Å². The van der Waals surface area contributed by atoms with Crippen molar-refractivity contribution in [3.63, 3.8) is 0 Å². The molecular formula is C20H21N3O5. The average Bonchev–Trinajstić information content (AvgIpc) is 3.03. The summed E-state index contributed by atoms with van der Waals surface area (Å²) in [6, 6.07) is 14.3. The molecule has 146 valence electrons. The SMILES string of the molecule is CCOc1cc(/C=N\N2CC(=O)NC2=O)ccc1OCCOc1ccccc1. The predicted octanol–water partition coefficient (Wildman–Crippen LogP) is 2.43. The van der Waals surface area contributed by atoms with Gasteiger partial charge in [-0.2, -0.15) is 5.10 Å². The number of nitrogens with one attached hydrogen (secondary N) is 1. The van der Waals surface area contributed by atoms with Crippen molar-refractivity contribution in [2.75, 3.05) is 26.4 Å². The molecule has 0 aliphatic carbocycles. The monoisotopic (exact) mass is 383 g/mol. The topological polar surface area (TPSA) is 89.5 Å². The predicted molar refractivity (Wildman–Crippen MR) is 103 cm³/mol. The highest BCUT2D eigenvalue weighted by Gasteiger charge is 2.25. The van der Waals surface area contributed by atoms with Crippen molar-refractivity contribution in [3.8, 4) is 17.2 Å². The first kappa shape index (κ1) is 19.2. The van der Waals surface area contributed by atoms with Gasteiger partial charge in [-0.15, -0.1) is 0 Å². The smallest absolute Gasteiger partial charge is 0.344 e. The van der Waals surface area contributed by atoms with Gasteiger partial charge in [0.1, 0.15) is 25.5 Å². The minimum Gasteiger partial charge on any atom is -0.490 e. The molecular weight excluding hydrogens is 362 g/mol. The molecule has 8 heteroatoms. The van der Waals surface area contributed by atoms with E-state index in [0.29, 0.717) is 36.9 Å². The molecule has 0 aromatic heterocycles. The van der Waals surface area contributed by atoms with Crippen molar-refractivity contribution in [1.29, 1.82) is 0 Å². The minimum atomic E-state index is -0.537. The van der Waals surface area contributed by atoms with E-state index in [2.05, 4.69) is 10.4 Å². The lowest BCUT2D eigenvalue weighted by Crippen LogP contribution is -2.24. The fraction of sp³-hybridized carbons (Fsp3) is 0.250. The second-order valence-electron chi connectivity index (χ2n) is 5.80. The van der Waals surface area contributed by atoms with E-state index in [1.54, 1.807) is 18.2 Å². The summed E-state index contributed by atoms with van der Waals surface area (Å²) >= 11 is 0. The van der Waals surface area contributed by atoms with E-state index in [0.717, 1.165) is 10.8 Å². The number of imide groups is 1. The van der Waals surface area contributed by atoms with Gasteiger partial charge in [-0.1, -0.05) is 18.2 Å². The molecule has 1 heterocycles. The molecule has 0 bridgehead atoms. The molecule has 2 aromatic carbocycles. The van der Waals surface area contributed by atoms with Gasteiger partial charge in [0.05, 0.1) is 12.8 Å². The van der Waals surface area contributed by atoms with Crippen LogP contribution in [-0.2, 0) is 4.79 Å². The van der Waals surface area contributed by atoms with Crippen LogP contribution < -0.4 is 19.5 Å². The number of hydrogen-bond acceptors (Lipinski definition) is 6. The first-order valence-electron chi connectivity index (χ1n) is 8.88. The molecule has 1 saturated heterocycles. The molecule has 1 aliphatic heterocycles. The van der Waals surface area contributed by atoms with Gasteiger partial charge >= 0.3 is 6.03 Å². The number of nitrogens with zero attached hydrogens (tertiary/aromatic N) is 2. The van der Waals surface area contributed by atoms with Crippen LogP contribution in [0.25, 0.3) is 0 Å². The summed E-state index contributed by atoms with van der Waals surface area (Å²) < 4.78 is 17.0. The molecule has 3 rings (SSSR count). The molecule has 28 heavy (non-hydrogen) atoms. The lowest BCUT2D eigenvalue weighted by molar-refractivity contribution is -0.118. The van der Waals surface area contributed by atoms with Crippen LogP contribution in [0.5, 0.6) is 17.2 Å². The van der Waals surface area contributed by atoms with Crippen LogP contribution >= 0.6 is 0 Å². The number of urea groups is 1. The van der Waals surface area contributed by atoms with Gasteiger partial charge in [0.15, 0.2) is 11.5 Å². The van der Waals surface area contributed by atoms with E-state index in [-0.39, 0.29) is 12.5 Å². The Kier molecular flexibility index (Phi) is 6.46. The van der Waals surface area contributed by atoms with Crippen molar-refractivity contribution in [3.05, 3.63) is 54.1 Å². The maximum Gasteiger partial charge on any atom is 0.344 e. The molecule has 0 unspecified atom stereocenters. The number of benzene rings is 2. The Balaban J connectivity index is 1.59. The summed E-state index contributed by atoms with van der Waals surface area (Å²) in [5.74, 6) is 1.56. The Labute approximate surface area is 162 Å². The number of hydrazone groups is 1. The van der Waals surface area contributed by atoms with Crippen molar-refractivity contribution in [2.45, 2.75) is 6.92 Å². The Morgan fingerprint density at radius 1 is 1.04 bits per heavy atom. The Hall–Kier alpha value is -3.55. The van der Waals surface area contributed by atoms with Crippen LogP contribution in [0, 0.1) is 0 Å². The van der Waals surface area contributed by atoms with E-state index in [1.165, 1.54) is 6.21 Å². The fourth-order valence-electron chi connectivity index (χ4n) is 2.48. The van der Waals surface area contributed by atoms with Gasteiger partial charge in [0.25, 0.3) is 0 Å². The number of ether oxygens (including phenoxy) is 3. The highest BCUT2D eigenvalue weighted by atomic mass is 16.5. The first-order valence-corrected chi connectivity index (χ1v) is 8.88. The molecule has 0 radical (unpaired) electrons. The number of carbonyl (C=O) groups is 2. The summed E-state index contributed by atoms with van der Waals surface area (Å²) in [6.07, 6.45) is 1.49. The molecule has 3 amide bonds. The molecule has 1 fully saturated rings. The summed E-state index contributed by atoms with van der Waals surface area (Å²) in [7, 11) is 0. The lowest BCUT2D eigenvalue weighted by Gasteiger charge is -2.13. The van der Waals surface area contributed by atoms with Gasteiger partial charge in [0, 0.05) is 0 Å². The average molecular weight is 383 g/mol. The summed E-state index contributed by atoms with van der Waals surface area (Å²) in [6.45, 7) is 3.02. The molecule has 0 saturated carbocycles. The summed E-state index contributed by atoms with van der Waals surface area (Å²) in [5.41, 5.74) is 0.712. The fourth-order valence-corrected chi connectivity index (χ4v) is 2.48. The quantitative estimate of drug-likeness (QED) is 0.408. The van der Waals surface area contributed by atoms with Crippen LogP contribution in [0.4, 0.5) is 4.79 Å². The molecule has 0 atom stereocenters. The third-order valence-corrected chi connectivity index (χ3v) is 3.74. The zero-order chi connectivity index (χ0) is 19.8. The van der Waals surface area contributed by atoms with Crippen LogP contribution in [0.1, 0.15) is 12.5 Å². The second-order valence-corrected chi connectivity index (χ2v) is 5.80. The van der Waals surface area contributed by atoms with Gasteiger partial charge in [-0.05, 0) is 42.8 Å². The maximum absolute atomic E-state index is 11.5. The van der Waals surface area contributed by atoms with Crippen LogP contribution in [0.2, 0.25) is 0 Å². The van der Waals surface area contributed by atoms with Gasteiger partial charge in [0.2, 0.25) is 5.91 Å². The standard InChI is InChI=1S/C20H21N3O5/c1-2-26-18-12-15(13-21-23-14-19(24)22-20(23)25)8-9-17(18)28-11-10-27-16-6-4-3-5-7-16/h3-9,12-13H,2,10-11,14H2,1H3,(H,22,24,25)/b21-13-. The van der Waals surface area contributed by atoms with Gasteiger partial charge in [-0.25, -0.2) is 9.80 Å². The van der Waals surface area contributed by atoms with Crippen molar-refractivity contribution < 1.29 is 23.8 Å². The first-order chi connectivity index (χ1) is 13.7. The highest BCUT2D eigenvalue weighted by Crippen LogP contribution is 2.28. The maximum atomic E-state index is 11.5. The van der Waals surface area contributed by atoms with E-state index in [4.69, 9.17) is 14.2 Å². The van der Waals surface area contributed by atoms with Crippen molar-refractivity contribution >= 4 is 18.2 Å². The summed E-state index contributed by atoms with van der Waals surface area (Å²) in [4.78, 5) is 22.7. The second kappa shape index (κ2) is 9.40. The summed E-state index contributed by atoms with van der Waals surface area (Å²) in [5, 5.41) is 7.25. The molecule has 8 nitrogen and oxygen atoms in total. The van der Waals surface area contributed by atoms with Gasteiger partial charge < -0.3 is 14.2 Å². The number of rotatable bonds is 9. The van der Waals surface area contributed by atoms with E-state index >= 15 is 0 Å². The number of para-hydroxylation sites is 1.